The van der Waals surface area contributed by atoms with E-state index in [1.807, 2.05) is 0 Å². The highest BCUT2D eigenvalue weighted by Crippen LogP contribution is 2.23. The van der Waals surface area contributed by atoms with Crippen molar-refractivity contribution < 1.29 is 18.7 Å². The molecular formula is C13H7F2N3O2. The molecule has 2 aromatic heterocycles. The number of imidazole rings is 1. The lowest BCUT2D eigenvalue weighted by atomic mass is 10.2. The number of aromatic carboxylic acids is 1. The van der Waals surface area contributed by atoms with Crippen LogP contribution in [0, 0.1) is 11.6 Å². The van der Waals surface area contributed by atoms with E-state index in [2.05, 4.69) is 15.0 Å². The minimum absolute atomic E-state index is 0.125. The molecule has 5 nitrogen and oxygen atoms in total. The summed E-state index contributed by atoms with van der Waals surface area (Å²) in [4.78, 5) is 21.8. The molecule has 0 unspecified atom stereocenters. The number of H-pyrrole nitrogens is 1. The van der Waals surface area contributed by atoms with Crippen LogP contribution in [-0.4, -0.2) is 26.0 Å². The third-order valence-electron chi connectivity index (χ3n) is 2.75. The van der Waals surface area contributed by atoms with Crippen LogP contribution in [0.1, 0.15) is 10.4 Å². The lowest BCUT2D eigenvalue weighted by Gasteiger charge is -1.95. The zero-order valence-corrected chi connectivity index (χ0v) is 9.89. The molecule has 2 heterocycles. The number of aromatic nitrogens is 3. The molecule has 0 aliphatic rings. The van der Waals surface area contributed by atoms with Crippen LogP contribution in [0.25, 0.3) is 22.6 Å². The molecular weight excluding hydrogens is 268 g/mol. The number of fused-ring (bicyclic) bond motifs is 1. The number of pyridine rings is 1. The zero-order valence-electron chi connectivity index (χ0n) is 9.89. The predicted molar refractivity (Wildman–Crippen MR) is 66.2 cm³/mol. The van der Waals surface area contributed by atoms with Gasteiger partial charge in [0, 0.05) is 0 Å². The van der Waals surface area contributed by atoms with Gasteiger partial charge in [-0.25, -0.2) is 23.5 Å². The van der Waals surface area contributed by atoms with Crippen molar-refractivity contribution in [3.05, 3.63) is 47.7 Å². The van der Waals surface area contributed by atoms with E-state index >= 15 is 0 Å². The van der Waals surface area contributed by atoms with Gasteiger partial charge in [-0.05, 0) is 24.3 Å². The lowest BCUT2D eigenvalue weighted by molar-refractivity contribution is 0.0698. The van der Waals surface area contributed by atoms with Crippen molar-refractivity contribution in [1.29, 1.82) is 0 Å². The van der Waals surface area contributed by atoms with Crippen LogP contribution in [0.4, 0.5) is 8.78 Å². The van der Waals surface area contributed by atoms with E-state index in [1.165, 1.54) is 12.1 Å². The number of halogens is 2. The molecule has 0 radical (unpaired) electrons. The largest absolute Gasteiger partial charge is 0.478 e. The van der Waals surface area contributed by atoms with Gasteiger partial charge in [-0.15, -0.1) is 0 Å². The van der Waals surface area contributed by atoms with Crippen LogP contribution in [0.3, 0.4) is 0 Å². The number of nitrogens with zero attached hydrogens (tertiary/aromatic N) is 2. The summed E-state index contributed by atoms with van der Waals surface area (Å²) in [6.07, 6.45) is 1.02. The number of carboxylic acid groups (broad SMARTS) is 1. The lowest BCUT2D eigenvalue weighted by Crippen LogP contribution is -1.98. The number of carbonyl (C=O) groups is 1. The van der Waals surface area contributed by atoms with Gasteiger partial charge in [0.05, 0.1) is 17.3 Å². The summed E-state index contributed by atoms with van der Waals surface area (Å²) in [6, 6.07) is 4.63. The van der Waals surface area contributed by atoms with Crippen molar-refractivity contribution in [2.24, 2.45) is 0 Å². The first-order valence-corrected chi connectivity index (χ1v) is 5.59. The molecule has 1 aromatic carbocycles. The monoisotopic (exact) mass is 275 g/mol. The smallest absolute Gasteiger partial charge is 0.338 e. The average molecular weight is 275 g/mol. The van der Waals surface area contributed by atoms with Crippen LogP contribution in [0.5, 0.6) is 0 Å². The van der Waals surface area contributed by atoms with Crippen LogP contribution in [0.15, 0.2) is 30.5 Å². The second kappa shape index (κ2) is 4.37. The number of benzene rings is 1. The Kier molecular flexibility index (Phi) is 2.67. The molecule has 0 amide bonds. The predicted octanol–water partition coefficient (Wildman–Crippen LogP) is 2.60. The normalized spacial score (nSPS) is 10.9. The van der Waals surface area contributed by atoms with Crippen molar-refractivity contribution in [1.82, 2.24) is 15.0 Å². The van der Waals surface area contributed by atoms with E-state index in [9.17, 15) is 13.6 Å². The first kappa shape index (κ1) is 12.2. The van der Waals surface area contributed by atoms with E-state index < -0.39 is 17.6 Å². The van der Waals surface area contributed by atoms with Crippen molar-refractivity contribution in [2.75, 3.05) is 0 Å². The van der Waals surface area contributed by atoms with Gasteiger partial charge in [0.15, 0.2) is 5.82 Å². The molecule has 3 aromatic rings. The van der Waals surface area contributed by atoms with Crippen LogP contribution < -0.4 is 0 Å². The SMILES string of the molecule is O=C(O)c1cc(F)cc2[nH]c(-c3ccc(F)cn3)nc12. The maximum atomic E-state index is 13.3. The van der Waals surface area contributed by atoms with Crippen molar-refractivity contribution in [3.63, 3.8) is 0 Å². The van der Waals surface area contributed by atoms with Crippen LogP contribution >= 0.6 is 0 Å². The Labute approximate surface area is 110 Å². The summed E-state index contributed by atoms with van der Waals surface area (Å²) in [5.41, 5.74) is 0.451. The third-order valence-corrected chi connectivity index (χ3v) is 2.75. The van der Waals surface area contributed by atoms with Gasteiger partial charge in [0.1, 0.15) is 22.8 Å². The maximum absolute atomic E-state index is 13.3. The molecule has 0 fully saturated rings. The molecule has 100 valence electrons. The number of carboxylic acids is 1. The van der Waals surface area contributed by atoms with Gasteiger partial charge in [0.25, 0.3) is 0 Å². The van der Waals surface area contributed by atoms with E-state index in [0.29, 0.717) is 5.69 Å². The first-order chi connectivity index (χ1) is 9.54. The number of hydrogen-bond donors (Lipinski definition) is 2. The minimum Gasteiger partial charge on any atom is -0.478 e. The second-order valence-electron chi connectivity index (χ2n) is 4.10. The quantitative estimate of drug-likeness (QED) is 0.753. The molecule has 0 atom stereocenters. The molecule has 0 saturated carbocycles. The third kappa shape index (κ3) is 1.99. The topological polar surface area (TPSA) is 78.9 Å². The van der Waals surface area contributed by atoms with Crippen molar-refractivity contribution in [3.8, 4) is 11.5 Å². The van der Waals surface area contributed by atoms with Gasteiger partial charge in [0.2, 0.25) is 0 Å². The van der Waals surface area contributed by atoms with E-state index in [4.69, 9.17) is 5.11 Å². The Balaban J connectivity index is 2.22. The Hall–Kier alpha value is -2.83. The Morgan fingerprint density at radius 2 is 2.00 bits per heavy atom. The van der Waals surface area contributed by atoms with Gasteiger partial charge in [-0.2, -0.15) is 0 Å². The molecule has 0 spiro atoms. The standard InChI is InChI=1S/C13H7F2N3O2/c14-6-1-2-9(16-5-6)12-17-10-4-7(15)3-8(13(19)20)11(10)18-12/h1-5H,(H,17,18)(H,19,20). The molecule has 0 bridgehead atoms. The van der Waals surface area contributed by atoms with Gasteiger partial charge >= 0.3 is 5.97 Å². The highest BCUT2D eigenvalue weighted by molar-refractivity contribution is 6.01. The minimum atomic E-state index is -1.28. The van der Waals surface area contributed by atoms with E-state index in [0.717, 1.165) is 18.3 Å². The summed E-state index contributed by atoms with van der Waals surface area (Å²) in [5.74, 6) is -2.22. The van der Waals surface area contributed by atoms with E-state index in [-0.39, 0.29) is 22.4 Å². The molecule has 3 rings (SSSR count). The number of rotatable bonds is 2. The Morgan fingerprint density at radius 1 is 1.20 bits per heavy atom. The summed E-state index contributed by atoms with van der Waals surface area (Å²) < 4.78 is 26.2. The zero-order chi connectivity index (χ0) is 14.3. The summed E-state index contributed by atoms with van der Waals surface area (Å²) >= 11 is 0. The second-order valence-corrected chi connectivity index (χ2v) is 4.10. The summed E-state index contributed by atoms with van der Waals surface area (Å²) in [7, 11) is 0. The van der Waals surface area contributed by atoms with Crippen molar-refractivity contribution in [2.45, 2.75) is 0 Å². The number of nitrogens with one attached hydrogen (secondary N) is 1. The van der Waals surface area contributed by atoms with E-state index in [1.54, 1.807) is 0 Å². The highest BCUT2D eigenvalue weighted by Gasteiger charge is 2.16. The maximum Gasteiger partial charge on any atom is 0.338 e. The molecule has 0 aliphatic heterocycles. The molecule has 7 heteroatoms. The fraction of sp³-hybridized carbons (Fsp3) is 0. The fourth-order valence-electron chi connectivity index (χ4n) is 1.88. The van der Waals surface area contributed by atoms with Gasteiger partial charge < -0.3 is 10.1 Å². The molecule has 20 heavy (non-hydrogen) atoms. The van der Waals surface area contributed by atoms with Crippen LogP contribution in [-0.2, 0) is 0 Å². The fourth-order valence-corrected chi connectivity index (χ4v) is 1.88. The van der Waals surface area contributed by atoms with Gasteiger partial charge in [-0.1, -0.05) is 0 Å². The van der Waals surface area contributed by atoms with Crippen LogP contribution in [0.2, 0.25) is 0 Å². The average Bonchev–Trinajstić information content (AvgIpc) is 2.81. The molecule has 0 saturated heterocycles. The number of hydrogen-bond acceptors (Lipinski definition) is 3. The molecule has 2 N–H and O–H groups in total. The molecule has 0 aliphatic carbocycles. The number of aromatic amines is 1. The summed E-state index contributed by atoms with van der Waals surface area (Å²) in [6.45, 7) is 0. The Bertz CT molecular complexity index is 812. The van der Waals surface area contributed by atoms with Gasteiger partial charge in [-0.3, -0.25) is 0 Å². The highest BCUT2D eigenvalue weighted by atomic mass is 19.1. The first-order valence-electron chi connectivity index (χ1n) is 5.59. The van der Waals surface area contributed by atoms with Crippen molar-refractivity contribution >= 4 is 17.0 Å². The summed E-state index contributed by atoms with van der Waals surface area (Å²) in [5, 5.41) is 9.04. The Morgan fingerprint density at radius 3 is 2.65 bits per heavy atom.